The number of aromatic nitrogens is 1. The van der Waals surface area contributed by atoms with Crippen molar-refractivity contribution in [1.29, 1.82) is 0 Å². The number of aliphatic carboxylic acids is 1. The van der Waals surface area contributed by atoms with Gasteiger partial charge in [0, 0.05) is 12.3 Å². The monoisotopic (exact) mass is 193 g/mol. The third kappa shape index (κ3) is 2.01. The summed E-state index contributed by atoms with van der Waals surface area (Å²) in [5.41, 5.74) is 12.9. The van der Waals surface area contributed by atoms with Crippen molar-refractivity contribution in [1.82, 2.24) is 4.98 Å². The van der Waals surface area contributed by atoms with Gasteiger partial charge >= 0.3 is 5.97 Å². The summed E-state index contributed by atoms with van der Waals surface area (Å²) in [4.78, 5) is 14.1. The third-order valence-corrected chi connectivity index (χ3v) is 1.86. The Balaban J connectivity index is 3.12. The van der Waals surface area contributed by atoms with Crippen molar-refractivity contribution in [3.63, 3.8) is 0 Å². The molecule has 5 heteroatoms. The number of nitrogens with two attached hydrogens (primary N) is 2. The highest BCUT2D eigenvalue weighted by molar-refractivity contribution is 5.86. The summed E-state index contributed by atoms with van der Waals surface area (Å²) in [6.07, 6.45) is 3.95. The van der Waals surface area contributed by atoms with Crippen molar-refractivity contribution in [3.8, 4) is 0 Å². The molecule has 0 saturated heterocycles. The SMILES string of the molecule is Cc1c(C=CC(=O)O)cnc(N)c1N. The van der Waals surface area contributed by atoms with Gasteiger partial charge < -0.3 is 16.6 Å². The number of anilines is 2. The fraction of sp³-hybridized carbons (Fsp3) is 0.111. The molecule has 5 N–H and O–H groups in total. The van der Waals surface area contributed by atoms with Crippen LogP contribution in [0.4, 0.5) is 11.5 Å². The Bertz CT molecular complexity index is 399. The number of carboxylic acid groups (broad SMARTS) is 1. The second-order valence-electron chi connectivity index (χ2n) is 2.81. The van der Waals surface area contributed by atoms with E-state index in [1.807, 2.05) is 0 Å². The lowest BCUT2D eigenvalue weighted by Gasteiger charge is -2.05. The van der Waals surface area contributed by atoms with Crippen LogP contribution >= 0.6 is 0 Å². The van der Waals surface area contributed by atoms with E-state index in [-0.39, 0.29) is 5.82 Å². The molecule has 0 radical (unpaired) electrons. The minimum absolute atomic E-state index is 0.259. The second kappa shape index (κ2) is 3.78. The molecule has 74 valence electrons. The normalized spacial score (nSPS) is 10.6. The van der Waals surface area contributed by atoms with Crippen molar-refractivity contribution >= 4 is 23.6 Å². The minimum atomic E-state index is -1.01. The predicted molar refractivity (Wildman–Crippen MR) is 54.5 cm³/mol. The van der Waals surface area contributed by atoms with Gasteiger partial charge in [-0.15, -0.1) is 0 Å². The van der Waals surface area contributed by atoms with E-state index in [1.54, 1.807) is 6.92 Å². The zero-order chi connectivity index (χ0) is 10.7. The molecule has 0 aromatic carbocycles. The molecule has 0 spiro atoms. The van der Waals surface area contributed by atoms with Gasteiger partial charge in [-0.25, -0.2) is 9.78 Å². The van der Waals surface area contributed by atoms with Crippen molar-refractivity contribution < 1.29 is 9.90 Å². The van der Waals surface area contributed by atoms with E-state index in [1.165, 1.54) is 12.3 Å². The van der Waals surface area contributed by atoms with Crippen molar-refractivity contribution in [2.24, 2.45) is 0 Å². The van der Waals surface area contributed by atoms with E-state index in [0.29, 0.717) is 11.3 Å². The van der Waals surface area contributed by atoms with E-state index in [2.05, 4.69) is 4.98 Å². The molecule has 0 saturated carbocycles. The van der Waals surface area contributed by atoms with Gasteiger partial charge in [0.25, 0.3) is 0 Å². The van der Waals surface area contributed by atoms with Crippen LogP contribution in [-0.4, -0.2) is 16.1 Å². The van der Waals surface area contributed by atoms with Gasteiger partial charge in [0.15, 0.2) is 0 Å². The Morgan fingerprint density at radius 1 is 1.57 bits per heavy atom. The van der Waals surface area contributed by atoms with Crippen LogP contribution in [0.2, 0.25) is 0 Å². The molecule has 0 aliphatic rings. The predicted octanol–water partition coefficient (Wildman–Crippen LogP) is 0.652. The number of carboxylic acids is 1. The molecule has 1 heterocycles. The van der Waals surface area contributed by atoms with E-state index in [4.69, 9.17) is 16.6 Å². The minimum Gasteiger partial charge on any atom is -0.478 e. The Morgan fingerprint density at radius 3 is 2.79 bits per heavy atom. The van der Waals surface area contributed by atoms with Crippen LogP contribution in [0, 0.1) is 6.92 Å². The number of nitrogens with zero attached hydrogens (tertiary/aromatic N) is 1. The summed E-state index contributed by atoms with van der Waals surface area (Å²) in [5, 5.41) is 8.43. The lowest BCUT2D eigenvalue weighted by molar-refractivity contribution is -0.131. The summed E-state index contributed by atoms with van der Waals surface area (Å²) in [6.45, 7) is 1.76. The molecule has 1 rings (SSSR count). The first-order chi connectivity index (χ1) is 6.52. The molecule has 0 aliphatic heterocycles. The van der Waals surface area contributed by atoms with Crippen LogP contribution in [0.1, 0.15) is 11.1 Å². The molecule has 0 atom stereocenters. The molecule has 14 heavy (non-hydrogen) atoms. The third-order valence-electron chi connectivity index (χ3n) is 1.86. The summed E-state index contributed by atoms with van der Waals surface area (Å²) in [5.74, 6) is -0.755. The van der Waals surface area contributed by atoms with Gasteiger partial charge in [-0.05, 0) is 24.1 Å². The summed E-state index contributed by atoms with van der Waals surface area (Å²) < 4.78 is 0. The highest BCUT2D eigenvalue weighted by Crippen LogP contribution is 2.20. The number of pyridine rings is 1. The molecular weight excluding hydrogens is 182 g/mol. The van der Waals surface area contributed by atoms with Gasteiger partial charge in [0.2, 0.25) is 0 Å². The van der Waals surface area contributed by atoms with Crippen LogP contribution in [0.5, 0.6) is 0 Å². The van der Waals surface area contributed by atoms with Crippen LogP contribution in [0.15, 0.2) is 12.3 Å². The molecule has 1 aromatic heterocycles. The van der Waals surface area contributed by atoms with E-state index in [0.717, 1.165) is 11.6 Å². The first-order valence-corrected chi connectivity index (χ1v) is 3.94. The van der Waals surface area contributed by atoms with E-state index in [9.17, 15) is 4.79 Å². The Hall–Kier alpha value is -2.04. The van der Waals surface area contributed by atoms with Crippen LogP contribution < -0.4 is 11.5 Å². The number of hydrogen-bond acceptors (Lipinski definition) is 4. The average Bonchev–Trinajstić information content (AvgIpc) is 2.13. The maximum Gasteiger partial charge on any atom is 0.328 e. The van der Waals surface area contributed by atoms with Gasteiger partial charge in [-0.2, -0.15) is 0 Å². The summed E-state index contributed by atoms with van der Waals surface area (Å²) in [7, 11) is 0. The molecule has 0 bridgehead atoms. The number of rotatable bonds is 2. The van der Waals surface area contributed by atoms with E-state index >= 15 is 0 Å². The largest absolute Gasteiger partial charge is 0.478 e. The molecule has 0 fully saturated rings. The first-order valence-electron chi connectivity index (χ1n) is 3.94. The second-order valence-corrected chi connectivity index (χ2v) is 2.81. The maximum atomic E-state index is 10.3. The van der Waals surface area contributed by atoms with Gasteiger partial charge in [0.1, 0.15) is 5.82 Å². The summed E-state index contributed by atoms with van der Waals surface area (Å²) >= 11 is 0. The smallest absolute Gasteiger partial charge is 0.328 e. The molecule has 0 aliphatic carbocycles. The van der Waals surface area contributed by atoms with Crippen molar-refractivity contribution in [3.05, 3.63) is 23.4 Å². The lowest BCUT2D eigenvalue weighted by atomic mass is 10.1. The van der Waals surface area contributed by atoms with Crippen molar-refractivity contribution in [2.75, 3.05) is 11.5 Å². The average molecular weight is 193 g/mol. The fourth-order valence-corrected chi connectivity index (χ4v) is 0.982. The topological polar surface area (TPSA) is 102 Å². The van der Waals surface area contributed by atoms with Crippen LogP contribution in [0.25, 0.3) is 6.08 Å². The molecular formula is C9H11N3O2. The zero-order valence-electron chi connectivity index (χ0n) is 7.69. The van der Waals surface area contributed by atoms with Gasteiger partial charge in [-0.1, -0.05) is 0 Å². The van der Waals surface area contributed by atoms with Gasteiger partial charge in [0.05, 0.1) is 5.69 Å². The Kier molecular flexibility index (Phi) is 2.71. The quantitative estimate of drug-likeness (QED) is 0.598. The molecule has 0 unspecified atom stereocenters. The summed E-state index contributed by atoms with van der Waals surface area (Å²) in [6, 6.07) is 0. The van der Waals surface area contributed by atoms with Gasteiger partial charge in [-0.3, -0.25) is 0 Å². The Labute approximate surface area is 81.1 Å². The fourth-order valence-electron chi connectivity index (χ4n) is 0.982. The number of nitrogen functional groups attached to an aromatic ring is 2. The number of carbonyl (C=O) groups is 1. The van der Waals surface area contributed by atoms with Crippen LogP contribution in [0.3, 0.4) is 0 Å². The van der Waals surface area contributed by atoms with E-state index < -0.39 is 5.97 Å². The maximum absolute atomic E-state index is 10.3. The molecule has 0 amide bonds. The highest BCUT2D eigenvalue weighted by Gasteiger charge is 2.03. The Morgan fingerprint density at radius 2 is 2.21 bits per heavy atom. The molecule has 1 aromatic rings. The van der Waals surface area contributed by atoms with Crippen molar-refractivity contribution in [2.45, 2.75) is 6.92 Å². The van der Waals surface area contributed by atoms with Crippen LogP contribution in [-0.2, 0) is 4.79 Å². The highest BCUT2D eigenvalue weighted by atomic mass is 16.4. The zero-order valence-corrected chi connectivity index (χ0v) is 7.69. The first kappa shape index (κ1) is 10.0. The standard InChI is InChI=1S/C9H11N3O2/c1-5-6(2-3-7(13)14)4-12-9(11)8(5)10/h2-4H,10H2,1H3,(H2,11,12)(H,13,14). The lowest BCUT2D eigenvalue weighted by Crippen LogP contribution is -2.01. The number of hydrogen-bond donors (Lipinski definition) is 3. The molecule has 5 nitrogen and oxygen atoms in total.